The minimum atomic E-state index is -1.03. The number of hydrogen-bond donors (Lipinski definition) is 0. The van der Waals surface area contributed by atoms with Crippen molar-refractivity contribution in [2.45, 2.75) is 0 Å². The predicted octanol–water partition coefficient (Wildman–Crippen LogP) is 4.96. The third-order valence-electron chi connectivity index (χ3n) is 4.12. The maximum atomic E-state index is 14.3. The molecule has 0 aliphatic rings. The van der Waals surface area contributed by atoms with Gasteiger partial charge in [0.05, 0.1) is 35.4 Å². The standard InChI is InChI=1S/C20H9F5N4/c21-11-2-3-12(15(23)6-11)20-28-18(9-27-29-20)10-1-4-14(22)13(5-10)19-16(24)7-26-8-17(19)25/h1-9H. The van der Waals surface area contributed by atoms with Gasteiger partial charge in [-0.05, 0) is 30.3 Å². The lowest BCUT2D eigenvalue weighted by Gasteiger charge is -2.09. The van der Waals surface area contributed by atoms with Gasteiger partial charge in [0.1, 0.15) is 17.5 Å². The van der Waals surface area contributed by atoms with E-state index in [1.54, 1.807) is 0 Å². The molecule has 144 valence electrons. The van der Waals surface area contributed by atoms with Crippen molar-refractivity contribution < 1.29 is 22.0 Å². The number of aromatic nitrogens is 4. The molecule has 9 heteroatoms. The molecule has 0 N–H and O–H groups in total. The van der Waals surface area contributed by atoms with Crippen molar-refractivity contribution in [1.82, 2.24) is 20.2 Å². The van der Waals surface area contributed by atoms with Gasteiger partial charge in [0.2, 0.25) is 0 Å². The van der Waals surface area contributed by atoms with Gasteiger partial charge in [0, 0.05) is 17.2 Å². The summed E-state index contributed by atoms with van der Waals surface area (Å²) in [6.45, 7) is 0. The van der Waals surface area contributed by atoms with Gasteiger partial charge < -0.3 is 0 Å². The fourth-order valence-corrected chi connectivity index (χ4v) is 2.77. The van der Waals surface area contributed by atoms with Crippen molar-refractivity contribution in [3.05, 3.63) is 84.1 Å². The van der Waals surface area contributed by atoms with E-state index in [0.717, 1.165) is 30.6 Å². The second-order valence-electron chi connectivity index (χ2n) is 5.96. The fraction of sp³-hybridized carbons (Fsp3) is 0. The van der Waals surface area contributed by atoms with Gasteiger partial charge in [-0.3, -0.25) is 4.98 Å². The van der Waals surface area contributed by atoms with Gasteiger partial charge >= 0.3 is 0 Å². The molecule has 0 aliphatic carbocycles. The first kappa shape index (κ1) is 18.6. The Morgan fingerprint density at radius 3 is 2.14 bits per heavy atom. The lowest BCUT2D eigenvalue weighted by molar-refractivity contribution is 0.573. The third-order valence-corrected chi connectivity index (χ3v) is 4.12. The summed E-state index contributed by atoms with van der Waals surface area (Å²) in [5.74, 6) is -4.70. The summed E-state index contributed by atoms with van der Waals surface area (Å²) in [6, 6.07) is 6.40. The fourth-order valence-electron chi connectivity index (χ4n) is 2.77. The SMILES string of the molecule is Fc1ccc(-c2nncc(-c3ccc(F)c(-c4c(F)cncc4F)c3)n2)c(F)c1. The molecule has 4 rings (SSSR count). The summed E-state index contributed by atoms with van der Waals surface area (Å²) < 4.78 is 69.5. The van der Waals surface area contributed by atoms with Crippen LogP contribution in [0.1, 0.15) is 0 Å². The maximum Gasteiger partial charge on any atom is 0.185 e. The molecule has 2 aromatic heterocycles. The van der Waals surface area contributed by atoms with Crippen LogP contribution in [0.3, 0.4) is 0 Å². The highest BCUT2D eigenvalue weighted by Gasteiger charge is 2.18. The van der Waals surface area contributed by atoms with Crippen LogP contribution in [0.2, 0.25) is 0 Å². The zero-order valence-electron chi connectivity index (χ0n) is 14.4. The molecule has 4 aromatic rings. The molecule has 0 unspecified atom stereocenters. The van der Waals surface area contributed by atoms with Gasteiger partial charge in [-0.15, -0.1) is 5.10 Å². The maximum absolute atomic E-state index is 14.3. The van der Waals surface area contributed by atoms with Crippen LogP contribution in [0, 0.1) is 29.1 Å². The Hall–Kier alpha value is -3.75. The molecule has 0 spiro atoms. The molecule has 0 aliphatic heterocycles. The van der Waals surface area contributed by atoms with Crippen molar-refractivity contribution in [3.8, 4) is 33.8 Å². The van der Waals surface area contributed by atoms with E-state index in [1.807, 2.05) is 0 Å². The van der Waals surface area contributed by atoms with Crippen molar-refractivity contribution in [2.24, 2.45) is 0 Å². The van der Waals surface area contributed by atoms with E-state index in [2.05, 4.69) is 20.2 Å². The van der Waals surface area contributed by atoms with E-state index in [-0.39, 0.29) is 28.2 Å². The minimum absolute atomic E-state index is 0.0886. The Kier molecular flexibility index (Phi) is 4.71. The topological polar surface area (TPSA) is 51.6 Å². The van der Waals surface area contributed by atoms with Gasteiger partial charge in [-0.25, -0.2) is 26.9 Å². The largest absolute Gasteiger partial charge is 0.259 e. The lowest BCUT2D eigenvalue weighted by Crippen LogP contribution is -1.99. The molecule has 0 amide bonds. The third kappa shape index (κ3) is 3.54. The molecule has 4 nitrogen and oxygen atoms in total. The zero-order chi connectivity index (χ0) is 20.5. The van der Waals surface area contributed by atoms with E-state index in [9.17, 15) is 22.0 Å². The summed E-state index contributed by atoms with van der Waals surface area (Å²) in [5.41, 5.74) is -0.598. The van der Waals surface area contributed by atoms with E-state index < -0.39 is 34.6 Å². The van der Waals surface area contributed by atoms with E-state index in [4.69, 9.17) is 0 Å². The quantitative estimate of drug-likeness (QED) is 0.456. The van der Waals surface area contributed by atoms with Crippen molar-refractivity contribution in [2.75, 3.05) is 0 Å². The molecule has 0 radical (unpaired) electrons. The Morgan fingerprint density at radius 1 is 0.655 bits per heavy atom. The average Bonchev–Trinajstić information content (AvgIpc) is 2.69. The lowest BCUT2D eigenvalue weighted by atomic mass is 10.0. The van der Waals surface area contributed by atoms with Gasteiger partial charge in [-0.2, -0.15) is 5.10 Å². The van der Waals surface area contributed by atoms with Crippen LogP contribution in [-0.4, -0.2) is 20.2 Å². The smallest absolute Gasteiger partial charge is 0.185 e. The van der Waals surface area contributed by atoms with Crippen molar-refractivity contribution in [1.29, 1.82) is 0 Å². The summed E-state index contributed by atoms with van der Waals surface area (Å²) in [7, 11) is 0. The van der Waals surface area contributed by atoms with Crippen LogP contribution in [-0.2, 0) is 0 Å². The predicted molar refractivity (Wildman–Crippen MR) is 93.7 cm³/mol. The molecule has 0 atom stereocenters. The van der Waals surface area contributed by atoms with Gasteiger partial charge in [0.15, 0.2) is 17.5 Å². The molecule has 2 aromatic carbocycles. The highest BCUT2D eigenvalue weighted by atomic mass is 19.1. The van der Waals surface area contributed by atoms with Gasteiger partial charge in [0.25, 0.3) is 0 Å². The van der Waals surface area contributed by atoms with Crippen LogP contribution in [0.15, 0.2) is 55.0 Å². The number of pyridine rings is 1. The highest BCUT2D eigenvalue weighted by Crippen LogP contribution is 2.31. The first-order valence-electron chi connectivity index (χ1n) is 8.18. The zero-order valence-corrected chi connectivity index (χ0v) is 14.4. The van der Waals surface area contributed by atoms with Crippen molar-refractivity contribution in [3.63, 3.8) is 0 Å². The first-order valence-corrected chi connectivity index (χ1v) is 8.18. The second-order valence-corrected chi connectivity index (χ2v) is 5.96. The molecule has 29 heavy (non-hydrogen) atoms. The summed E-state index contributed by atoms with van der Waals surface area (Å²) in [5, 5.41) is 7.46. The molecular weight excluding hydrogens is 391 g/mol. The molecule has 0 fully saturated rings. The first-order chi connectivity index (χ1) is 13.9. The number of halogens is 5. The summed E-state index contributed by atoms with van der Waals surface area (Å²) in [4.78, 5) is 7.53. The molecule has 0 bridgehead atoms. The number of nitrogens with zero attached hydrogens (tertiary/aromatic N) is 4. The number of hydrogen-bond acceptors (Lipinski definition) is 4. The molecule has 0 saturated heterocycles. The van der Waals surface area contributed by atoms with E-state index in [1.165, 1.54) is 18.3 Å². The van der Waals surface area contributed by atoms with Crippen LogP contribution in [0.25, 0.3) is 33.8 Å². The van der Waals surface area contributed by atoms with Crippen LogP contribution in [0.5, 0.6) is 0 Å². The highest BCUT2D eigenvalue weighted by molar-refractivity contribution is 5.73. The van der Waals surface area contributed by atoms with E-state index >= 15 is 0 Å². The second kappa shape index (κ2) is 7.34. The van der Waals surface area contributed by atoms with Crippen LogP contribution >= 0.6 is 0 Å². The summed E-state index contributed by atoms with van der Waals surface area (Å²) >= 11 is 0. The van der Waals surface area contributed by atoms with Crippen LogP contribution in [0.4, 0.5) is 22.0 Å². The number of rotatable bonds is 3. The normalized spacial score (nSPS) is 10.9. The Labute approximate surface area is 160 Å². The Balaban J connectivity index is 1.83. The Bertz CT molecular complexity index is 1210. The Morgan fingerprint density at radius 2 is 1.41 bits per heavy atom. The summed E-state index contributed by atoms with van der Waals surface area (Å²) in [6.07, 6.45) is 2.76. The average molecular weight is 400 g/mol. The molecule has 2 heterocycles. The molecular formula is C20H9F5N4. The van der Waals surface area contributed by atoms with E-state index in [0.29, 0.717) is 6.07 Å². The number of benzene rings is 2. The molecule has 0 saturated carbocycles. The van der Waals surface area contributed by atoms with Crippen molar-refractivity contribution >= 4 is 0 Å². The van der Waals surface area contributed by atoms with Gasteiger partial charge in [-0.1, -0.05) is 0 Å². The minimum Gasteiger partial charge on any atom is -0.259 e. The van der Waals surface area contributed by atoms with Crippen LogP contribution < -0.4 is 0 Å². The monoisotopic (exact) mass is 400 g/mol.